The molecule has 102 valence electrons. The molecule has 0 fully saturated rings. The molecule has 18 heavy (non-hydrogen) atoms. The Kier molecular flexibility index (Phi) is 3.88. The maximum atomic E-state index is 12.6. The minimum atomic E-state index is -4.74. The summed E-state index contributed by atoms with van der Waals surface area (Å²) in [7, 11) is 1.56. The van der Waals surface area contributed by atoms with Crippen molar-refractivity contribution in [1.29, 1.82) is 0 Å². The van der Waals surface area contributed by atoms with Crippen molar-refractivity contribution in [2.45, 2.75) is 32.5 Å². The third-order valence-electron chi connectivity index (χ3n) is 2.43. The summed E-state index contributed by atoms with van der Waals surface area (Å²) in [6, 6.07) is 0. The third-order valence-corrected chi connectivity index (χ3v) is 2.43. The highest BCUT2D eigenvalue weighted by Crippen LogP contribution is 2.30. The van der Waals surface area contributed by atoms with Gasteiger partial charge in [0.25, 0.3) is 0 Å². The second-order valence-corrected chi connectivity index (χ2v) is 3.87. The van der Waals surface area contributed by atoms with Crippen LogP contribution in [0.25, 0.3) is 0 Å². The molecule has 0 radical (unpaired) electrons. The van der Waals surface area contributed by atoms with Gasteiger partial charge < -0.3 is 9.84 Å². The van der Waals surface area contributed by atoms with E-state index in [4.69, 9.17) is 9.84 Å². The van der Waals surface area contributed by atoms with Gasteiger partial charge in [-0.1, -0.05) is 0 Å². The molecule has 1 aromatic heterocycles. The first kappa shape index (κ1) is 14.3. The van der Waals surface area contributed by atoms with Crippen LogP contribution in [0.5, 0.6) is 5.75 Å². The molecule has 0 aliphatic carbocycles. The number of alkyl halides is 3. The molecule has 0 amide bonds. The lowest BCUT2D eigenvalue weighted by Crippen LogP contribution is -2.36. The quantitative estimate of drug-likeness (QED) is 0.902. The van der Waals surface area contributed by atoms with Crippen molar-refractivity contribution in [1.82, 2.24) is 9.78 Å². The summed E-state index contributed by atoms with van der Waals surface area (Å²) in [5, 5.41) is 12.4. The Morgan fingerprint density at radius 2 is 2.06 bits per heavy atom. The van der Waals surface area contributed by atoms with Gasteiger partial charge in [0.1, 0.15) is 5.69 Å². The van der Waals surface area contributed by atoms with Crippen LogP contribution in [-0.4, -0.2) is 33.1 Å². The first-order valence-electron chi connectivity index (χ1n) is 5.08. The Balaban J connectivity index is 3.00. The highest BCUT2D eigenvalue weighted by Gasteiger charge is 2.44. The van der Waals surface area contributed by atoms with E-state index in [-0.39, 0.29) is 11.4 Å². The normalized spacial score (nSPS) is 13.4. The van der Waals surface area contributed by atoms with Crippen LogP contribution in [0.4, 0.5) is 13.2 Å². The van der Waals surface area contributed by atoms with Crippen molar-refractivity contribution in [2.75, 3.05) is 0 Å². The van der Waals surface area contributed by atoms with Crippen molar-refractivity contribution < 1.29 is 27.8 Å². The predicted molar refractivity (Wildman–Crippen MR) is 55.4 cm³/mol. The van der Waals surface area contributed by atoms with E-state index in [1.165, 1.54) is 11.6 Å². The van der Waals surface area contributed by atoms with E-state index in [1.54, 1.807) is 14.0 Å². The van der Waals surface area contributed by atoms with E-state index in [1.807, 2.05) is 0 Å². The second kappa shape index (κ2) is 4.87. The van der Waals surface area contributed by atoms with Crippen LogP contribution in [-0.2, 0) is 11.8 Å². The molecule has 1 aromatic rings. The molecule has 0 aromatic carbocycles. The van der Waals surface area contributed by atoms with E-state index in [0.717, 1.165) is 0 Å². The van der Waals surface area contributed by atoms with Gasteiger partial charge >= 0.3 is 12.1 Å². The standard InChI is InChI=1S/C10H13F3N2O3/c1-5-9(6(2)15(3)14-5)18-7(4-8(16)17)10(11,12)13/h7H,4H2,1-3H3,(H,16,17). The average molecular weight is 266 g/mol. The zero-order valence-corrected chi connectivity index (χ0v) is 10.1. The topological polar surface area (TPSA) is 64.4 Å². The van der Waals surface area contributed by atoms with Gasteiger partial charge in [-0.25, -0.2) is 0 Å². The average Bonchev–Trinajstić information content (AvgIpc) is 2.41. The number of aryl methyl sites for hydroxylation is 2. The lowest BCUT2D eigenvalue weighted by atomic mass is 10.2. The molecular weight excluding hydrogens is 253 g/mol. The van der Waals surface area contributed by atoms with E-state index in [0.29, 0.717) is 5.69 Å². The SMILES string of the molecule is Cc1nn(C)c(C)c1OC(CC(=O)O)C(F)(F)F. The molecule has 0 spiro atoms. The Morgan fingerprint density at radius 1 is 1.50 bits per heavy atom. The number of ether oxygens (including phenoxy) is 1. The maximum absolute atomic E-state index is 12.6. The molecule has 8 heteroatoms. The predicted octanol–water partition coefficient (Wildman–Crippen LogP) is 1.82. The number of nitrogens with zero attached hydrogens (tertiary/aromatic N) is 2. The summed E-state index contributed by atoms with van der Waals surface area (Å²) in [6.45, 7) is 3.04. The van der Waals surface area contributed by atoms with Crippen molar-refractivity contribution in [3.63, 3.8) is 0 Å². The van der Waals surface area contributed by atoms with E-state index < -0.39 is 24.7 Å². The summed E-state index contributed by atoms with van der Waals surface area (Å²) in [5.41, 5.74) is 0.696. The van der Waals surface area contributed by atoms with Crippen molar-refractivity contribution in [3.8, 4) is 5.75 Å². The van der Waals surface area contributed by atoms with Crippen molar-refractivity contribution >= 4 is 5.97 Å². The Morgan fingerprint density at radius 3 is 2.39 bits per heavy atom. The number of aliphatic carboxylic acids is 1. The molecule has 1 unspecified atom stereocenters. The number of carboxylic acids is 1. The van der Waals surface area contributed by atoms with Gasteiger partial charge in [0.05, 0.1) is 12.1 Å². The molecule has 0 aliphatic heterocycles. The Bertz CT molecular complexity index is 454. The molecule has 0 saturated heterocycles. The second-order valence-electron chi connectivity index (χ2n) is 3.87. The lowest BCUT2D eigenvalue weighted by Gasteiger charge is -2.20. The summed E-state index contributed by atoms with van der Waals surface area (Å²) < 4.78 is 44.0. The number of hydrogen-bond acceptors (Lipinski definition) is 3. The van der Waals surface area contributed by atoms with Crippen molar-refractivity contribution in [3.05, 3.63) is 11.4 Å². The van der Waals surface area contributed by atoms with Crippen LogP contribution in [0.1, 0.15) is 17.8 Å². The van der Waals surface area contributed by atoms with Crippen LogP contribution in [0, 0.1) is 13.8 Å². The first-order chi connectivity index (χ1) is 8.12. The molecule has 1 atom stereocenters. The first-order valence-corrected chi connectivity index (χ1v) is 5.08. The zero-order valence-electron chi connectivity index (χ0n) is 10.1. The van der Waals surface area contributed by atoms with Crippen LogP contribution >= 0.6 is 0 Å². The number of hydrogen-bond donors (Lipinski definition) is 1. The van der Waals surface area contributed by atoms with Crippen LogP contribution < -0.4 is 4.74 Å². The summed E-state index contributed by atoms with van der Waals surface area (Å²) in [4.78, 5) is 10.4. The highest BCUT2D eigenvalue weighted by molar-refractivity contribution is 5.67. The smallest absolute Gasteiger partial charge is 0.426 e. The van der Waals surface area contributed by atoms with Gasteiger partial charge in [0.2, 0.25) is 6.10 Å². The van der Waals surface area contributed by atoms with Crippen LogP contribution in [0.2, 0.25) is 0 Å². The summed E-state index contributed by atoms with van der Waals surface area (Å²) in [6.07, 6.45) is -8.26. The minimum Gasteiger partial charge on any atom is -0.481 e. The minimum absolute atomic E-state index is 0.0268. The molecule has 1 heterocycles. The van der Waals surface area contributed by atoms with Crippen LogP contribution in [0.3, 0.4) is 0 Å². The van der Waals surface area contributed by atoms with Gasteiger partial charge in [-0.05, 0) is 13.8 Å². The van der Waals surface area contributed by atoms with Gasteiger partial charge in [-0.2, -0.15) is 18.3 Å². The zero-order chi connectivity index (χ0) is 14.1. The number of rotatable bonds is 4. The molecule has 0 saturated carbocycles. The number of aromatic nitrogens is 2. The van der Waals surface area contributed by atoms with Crippen LogP contribution in [0.15, 0.2) is 0 Å². The largest absolute Gasteiger partial charge is 0.481 e. The van der Waals surface area contributed by atoms with Gasteiger partial charge in [0.15, 0.2) is 5.75 Å². The monoisotopic (exact) mass is 266 g/mol. The molecule has 0 aliphatic rings. The fraction of sp³-hybridized carbons (Fsp3) is 0.600. The molecule has 0 bridgehead atoms. The molecule has 1 N–H and O–H groups in total. The van der Waals surface area contributed by atoms with E-state index in [2.05, 4.69) is 5.10 Å². The lowest BCUT2D eigenvalue weighted by molar-refractivity contribution is -0.200. The third kappa shape index (κ3) is 3.14. The summed E-state index contributed by atoms with van der Waals surface area (Å²) >= 11 is 0. The Hall–Kier alpha value is -1.73. The van der Waals surface area contributed by atoms with Gasteiger partial charge in [-0.15, -0.1) is 0 Å². The fourth-order valence-electron chi connectivity index (χ4n) is 1.45. The van der Waals surface area contributed by atoms with Gasteiger partial charge in [-0.3, -0.25) is 9.48 Å². The number of carboxylic acid groups (broad SMARTS) is 1. The van der Waals surface area contributed by atoms with Crippen molar-refractivity contribution in [2.24, 2.45) is 7.05 Å². The maximum Gasteiger partial charge on any atom is 0.426 e. The van der Waals surface area contributed by atoms with E-state index in [9.17, 15) is 18.0 Å². The fourth-order valence-corrected chi connectivity index (χ4v) is 1.45. The Labute approximate surface area is 101 Å². The number of halogens is 3. The molecule has 5 nitrogen and oxygen atoms in total. The highest BCUT2D eigenvalue weighted by atomic mass is 19.4. The number of carbonyl (C=O) groups is 1. The molecular formula is C10H13F3N2O3. The summed E-state index contributed by atoms with van der Waals surface area (Å²) in [5.74, 6) is -1.60. The van der Waals surface area contributed by atoms with E-state index >= 15 is 0 Å². The van der Waals surface area contributed by atoms with Gasteiger partial charge in [0, 0.05) is 7.05 Å². The molecule has 1 rings (SSSR count).